The van der Waals surface area contributed by atoms with E-state index >= 15 is 0 Å². The zero-order valence-electron chi connectivity index (χ0n) is 13.3. The van der Waals surface area contributed by atoms with Gasteiger partial charge in [0.15, 0.2) is 0 Å². The van der Waals surface area contributed by atoms with E-state index in [1.165, 1.54) is 5.56 Å². The highest BCUT2D eigenvalue weighted by molar-refractivity contribution is 6.32. The molecule has 24 heavy (non-hydrogen) atoms. The van der Waals surface area contributed by atoms with E-state index < -0.39 is 0 Å². The van der Waals surface area contributed by atoms with Crippen LogP contribution >= 0.6 is 11.6 Å². The molecule has 0 radical (unpaired) electrons. The highest BCUT2D eigenvalue weighted by Gasteiger charge is 2.09. The minimum absolute atomic E-state index is 0.0820. The SMILES string of the molecule is CC(Nc1ccc(C#N)c(Cl)c1)c1cnn(Cc2ccccc2)c1. The number of benzene rings is 2. The molecule has 0 bridgehead atoms. The molecular formula is C19H17ClN4. The fourth-order valence-electron chi connectivity index (χ4n) is 2.49. The molecule has 3 rings (SSSR count). The van der Waals surface area contributed by atoms with Crippen LogP contribution in [0.1, 0.15) is 29.7 Å². The van der Waals surface area contributed by atoms with Crippen molar-refractivity contribution in [3.63, 3.8) is 0 Å². The van der Waals surface area contributed by atoms with Crippen molar-refractivity contribution in [1.29, 1.82) is 5.26 Å². The van der Waals surface area contributed by atoms with Crippen molar-refractivity contribution >= 4 is 17.3 Å². The summed E-state index contributed by atoms with van der Waals surface area (Å²) in [6, 6.07) is 17.7. The van der Waals surface area contributed by atoms with Crippen LogP contribution in [-0.2, 0) is 6.54 Å². The van der Waals surface area contributed by atoms with E-state index in [-0.39, 0.29) is 6.04 Å². The fraction of sp³-hybridized carbons (Fsp3) is 0.158. The number of nitrogens with zero attached hydrogens (tertiary/aromatic N) is 3. The molecule has 120 valence electrons. The molecule has 5 heteroatoms. The molecule has 0 amide bonds. The second-order valence-corrected chi connectivity index (χ2v) is 6.04. The monoisotopic (exact) mass is 336 g/mol. The van der Waals surface area contributed by atoms with Crippen LogP contribution in [0.15, 0.2) is 60.9 Å². The van der Waals surface area contributed by atoms with Crippen LogP contribution in [-0.4, -0.2) is 9.78 Å². The van der Waals surface area contributed by atoms with Crippen molar-refractivity contribution in [2.75, 3.05) is 5.32 Å². The molecule has 2 aromatic carbocycles. The molecule has 4 nitrogen and oxygen atoms in total. The Kier molecular flexibility index (Phi) is 4.83. The first-order chi connectivity index (χ1) is 11.7. The third-order valence-electron chi connectivity index (χ3n) is 3.81. The van der Waals surface area contributed by atoms with E-state index in [1.807, 2.05) is 41.3 Å². The minimum atomic E-state index is 0.0820. The number of hydrogen-bond donors (Lipinski definition) is 1. The summed E-state index contributed by atoms with van der Waals surface area (Å²) in [5.74, 6) is 0. The Bertz CT molecular complexity index is 865. The minimum Gasteiger partial charge on any atom is -0.378 e. The lowest BCUT2D eigenvalue weighted by molar-refractivity contribution is 0.685. The van der Waals surface area contributed by atoms with Gasteiger partial charge in [0, 0.05) is 17.4 Å². The largest absolute Gasteiger partial charge is 0.378 e. The highest BCUT2D eigenvalue weighted by atomic mass is 35.5. The van der Waals surface area contributed by atoms with Crippen LogP contribution in [0, 0.1) is 11.3 Å². The van der Waals surface area contributed by atoms with Crippen LogP contribution in [0.25, 0.3) is 0 Å². The maximum absolute atomic E-state index is 8.93. The topological polar surface area (TPSA) is 53.6 Å². The van der Waals surface area contributed by atoms with E-state index in [1.54, 1.807) is 12.1 Å². The summed E-state index contributed by atoms with van der Waals surface area (Å²) in [4.78, 5) is 0. The number of nitrogens with one attached hydrogen (secondary N) is 1. The molecule has 0 spiro atoms. The quantitative estimate of drug-likeness (QED) is 0.739. The Hall–Kier alpha value is -2.77. The van der Waals surface area contributed by atoms with Gasteiger partial charge in [0.1, 0.15) is 6.07 Å². The Morgan fingerprint density at radius 3 is 2.75 bits per heavy atom. The summed E-state index contributed by atoms with van der Waals surface area (Å²) in [7, 11) is 0. The number of hydrogen-bond acceptors (Lipinski definition) is 3. The normalized spacial score (nSPS) is 11.7. The number of nitriles is 1. The predicted molar refractivity (Wildman–Crippen MR) is 96.0 cm³/mol. The molecule has 1 atom stereocenters. The van der Waals surface area contributed by atoms with Gasteiger partial charge >= 0.3 is 0 Å². The molecule has 0 fully saturated rings. The van der Waals surface area contributed by atoms with E-state index in [4.69, 9.17) is 16.9 Å². The van der Waals surface area contributed by atoms with Gasteiger partial charge in [0.2, 0.25) is 0 Å². The lowest BCUT2D eigenvalue weighted by Gasteiger charge is -2.14. The summed E-state index contributed by atoms with van der Waals surface area (Å²) in [5.41, 5.74) is 3.66. The van der Waals surface area contributed by atoms with Crippen molar-refractivity contribution < 1.29 is 0 Å². The Morgan fingerprint density at radius 2 is 2.04 bits per heavy atom. The standard InChI is InChI=1S/C19H17ClN4/c1-14(23-18-8-7-16(10-21)19(20)9-18)17-11-22-24(13-17)12-15-5-3-2-4-6-15/h2-9,11,13-14,23H,12H2,1H3. The van der Waals surface area contributed by atoms with Gasteiger partial charge in [-0.2, -0.15) is 10.4 Å². The van der Waals surface area contributed by atoms with E-state index in [2.05, 4.69) is 35.5 Å². The number of rotatable bonds is 5. The molecule has 3 aromatic rings. The zero-order chi connectivity index (χ0) is 16.9. The summed E-state index contributed by atoms with van der Waals surface area (Å²) in [6.45, 7) is 2.81. The van der Waals surface area contributed by atoms with Crippen molar-refractivity contribution in [2.45, 2.75) is 19.5 Å². The van der Waals surface area contributed by atoms with Crippen LogP contribution in [0.3, 0.4) is 0 Å². The Labute approximate surface area is 146 Å². The van der Waals surface area contributed by atoms with Crippen LogP contribution in [0.5, 0.6) is 0 Å². The lowest BCUT2D eigenvalue weighted by atomic mass is 10.1. The second-order valence-electron chi connectivity index (χ2n) is 5.63. The van der Waals surface area contributed by atoms with E-state index in [0.29, 0.717) is 10.6 Å². The maximum Gasteiger partial charge on any atom is 0.101 e. The molecular weight excluding hydrogens is 320 g/mol. The zero-order valence-corrected chi connectivity index (χ0v) is 14.0. The molecule has 0 saturated carbocycles. The number of halogens is 1. The van der Waals surface area contributed by atoms with Crippen LogP contribution in [0.4, 0.5) is 5.69 Å². The molecule has 0 aliphatic rings. The van der Waals surface area contributed by atoms with Crippen LogP contribution < -0.4 is 5.32 Å². The second kappa shape index (κ2) is 7.20. The number of aromatic nitrogens is 2. The van der Waals surface area contributed by atoms with Gasteiger partial charge in [-0.25, -0.2) is 0 Å². The molecule has 0 aliphatic carbocycles. The van der Waals surface area contributed by atoms with Gasteiger partial charge in [-0.3, -0.25) is 4.68 Å². The van der Waals surface area contributed by atoms with E-state index in [9.17, 15) is 0 Å². The molecule has 1 N–H and O–H groups in total. The first-order valence-electron chi connectivity index (χ1n) is 7.68. The first kappa shape index (κ1) is 16.1. The van der Waals surface area contributed by atoms with Crippen molar-refractivity contribution in [2.24, 2.45) is 0 Å². The van der Waals surface area contributed by atoms with Gasteiger partial charge in [-0.15, -0.1) is 0 Å². The molecule has 0 aliphatic heterocycles. The van der Waals surface area contributed by atoms with Gasteiger partial charge in [0.05, 0.1) is 29.4 Å². The van der Waals surface area contributed by atoms with Gasteiger partial charge in [-0.05, 0) is 30.7 Å². The third kappa shape index (κ3) is 3.76. The Balaban J connectivity index is 1.68. The summed E-state index contributed by atoms with van der Waals surface area (Å²) >= 11 is 6.07. The van der Waals surface area contributed by atoms with Crippen molar-refractivity contribution in [3.05, 3.63) is 82.6 Å². The molecule has 1 unspecified atom stereocenters. The molecule has 0 saturated heterocycles. The molecule has 1 aromatic heterocycles. The fourth-order valence-corrected chi connectivity index (χ4v) is 2.71. The van der Waals surface area contributed by atoms with Gasteiger partial charge < -0.3 is 5.32 Å². The van der Waals surface area contributed by atoms with Gasteiger partial charge in [0.25, 0.3) is 0 Å². The smallest absolute Gasteiger partial charge is 0.101 e. The highest BCUT2D eigenvalue weighted by Crippen LogP contribution is 2.24. The predicted octanol–water partition coefficient (Wildman–Crippen LogP) is 4.63. The van der Waals surface area contributed by atoms with Crippen LogP contribution in [0.2, 0.25) is 5.02 Å². The summed E-state index contributed by atoms with van der Waals surface area (Å²) < 4.78 is 1.93. The average molecular weight is 337 g/mol. The maximum atomic E-state index is 8.93. The Morgan fingerprint density at radius 1 is 1.25 bits per heavy atom. The first-order valence-corrected chi connectivity index (χ1v) is 8.06. The average Bonchev–Trinajstić information content (AvgIpc) is 3.04. The van der Waals surface area contributed by atoms with Crippen molar-refractivity contribution in [1.82, 2.24) is 9.78 Å². The number of anilines is 1. The lowest BCUT2D eigenvalue weighted by Crippen LogP contribution is -2.06. The van der Waals surface area contributed by atoms with Crippen molar-refractivity contribution in [3.8, 4) is 6.07 Å². The summed E-state index contributed by atoms with van der Waals surface area (Å²) in [6.07, 6.45) is 3.90. The summed E-state index contributed by atoms with van der Waals surface area (Å²) in [5, 5.41) is 17.2. The van der Waals surface area contributed by atoms with E-state index in [0.717, 1.165) is 17.8 Å². The molecule has 1 heterocycles. The van der Waals surface area contributed by atoms with Gasteiger partial charge in [-0.1, -0.05) is 41.9 Å². The third-order valence-corrected chi connectivity index (χ3v) is 4.13.